The summed E-state index contributed by atoms with van der Waals surface area (Å²) in [5, 5.41) is 11.8. The van der Waals surface area contributed by atoms with E-state index in [9.17, 15) is 4.79 Å². The summed E-state index contributed by atoms with van der Waals surface area (Å²) >= 11 is 1.49. The lowest BCUT2D eigenvalue weighted by Crippen LogP contribution is -2.39. The van der Waals surface area contributed by atoms with E-state index in [2.05, 4.69) is 19.2 Å². The van der Waals surface area contributed by atoms with Gasteiger partial charge in [0.15, 0.2) is 0 Å². The summed E-state index contributed by atoms with van der Waals surface area (Å²) < 4.78 is 0. The fourth-order valence-corrected chi connectivity index (χ4v) is 1.49. The van der Waals surface area contributed by atoms with Crippen LogP contribution in [0.1, 0.15) is 20.3 Å². The summed E-state index contributed by atoms with van der Waals surface area (Å²) in [7, 11) is 0. The Labute approximate surface area is 84.3 Å². The third-order valence-corrected chi connectivity index (χ3v) is 2.17. The van der Waals surface area contributed by atoms with Crippen molar-refractivity contribution >= 4 is 17.7 Å². The first kappa shape index (κ1) is 12.8. The van der Waals surface area contributed by atoms with Crippen molar-refractivity contribution in [1.82, 2.24) is 5.32 Å². The van der Waals surface area contributed by atoms with Gasteiger partial charge in [0, 0.05) is 0 Å². The smallest absolute Gasteiger partial charge is 0.230 e. The predicted molar refractivity (Wildman–Crippen MR) is 56.9 cm³/mol. The maximum absolute atomic E-state index is 11.2. The van der Waals surface area contributed by atoms with Gasteiger partial charge in [-0.15, -0.1) is 0 Å². The first-order valence-electron chi connectivity index (χ1n) is 4.49. The first-order chi connectivity index (χ1) is 6.10. The molecule has 0 radical (unpaired) electrons. The van der Waals surface area contributed by atoms with E-state index in [1.807, 2.05) is 6.26 Å². The van der Waals surface area contributed by atoms with Gasteiger partial charge < -0.3 is 10.4 Å². The van der Waals surface area contributed by atoms with Crippen molar-refractivity contribution in [3.8, 4) is 0 Å². The molecule has 0 saturated carbocycles. The van der Waals surface area contributed by atoms with Crippen molar-refractivity contribution < 1.29 is 9.90 Å². The topological polar surface area (TPSA) is 49.3 Å². The second kappa shape index (κ2) is 7.21. The number of amides is 1. The summed E-state index contributed by atoms with van der Waals surface area (Å²) in [6.07, 6.45) is 2.71. The van der Waals surface area contributed by atoms with Gasteiger partial charge in [0.2, 0.25) is 5.91 Å². The molecule has 0 rings (SSSR count). The molecule has 1 amide bonds. The molecular weight excluding hydrogens is 186 g/mol. The van der Waals surface area contributed by atoms with Crippen LogP contribution in [0.3, 0.4) is 0 Å². The quantitative estimate of drug-likeness (QED) is 0.676. The van der Waals surface area contributed by atoms with Crippen molar-refractivity contribution in [3.05, 3.63) is 0 Å². The van der Waals surface area contributed by atoms with Crippen molar-refractivity contribution in [1.29, 1.82) is 0 Å². The first-order valence-corrected chi connectivity index (χ1v) is 5.88. The number of carbonyl (C=O) groups is 1. The van der Waals surface area contributed by atoms with Crippen LogP contribution < -0.4 is 5.32 Å². The van der Waals surface area contributed by atoms with Crippen LogP contribution in [0, 0.1) is 5.92 Å². The molecule has 0 aromatic heterocycles. The Kier molecular flexibility index (Phi) is 7.09. The van der Waals surface area contributed by atoms with Crippen LogP contribution in [0.15, 0.2) is 0 Å². The summed E-state index contributed by atoms with van der Waals surface area (Å²) in [4.78, 5) is 11.2. The number of aliphatic hydroxyl groups is 1. The molecule has 0 heterocycles. The zero-order valence-electron chi connectivity index (χ0n) is 8.54. The molecule has 4 heteroatoms. The summed E-state index contributed by atoms with van der Waals surface area (Å²) in [6, 6.07) is -0.0837. The van der Waals surface area contributed by atoms with E-state index in [1.54, 1.807) is 0 Å². The van der Waals surface area contributed by atoms with Crippen LogP contribution in [0.4, 0.5) is 0 Å². The van der Waals surface area contributed by atoms with Crippen LogP contribution in [0.25, 0.3) is 0 Å². The van der Waals surface area contributed by atoms with Gasteiger partial charge in [-0.2, -0.15) is 11.8 Å². The monoisotopic (exact) mass is 205 g/mol. The normalized spacial score (nSPS) is 13.0. The molecule has 0 spiro atoms. The highest BCUT2D eigenvalue weighted by molar-refractivity contribution is 7.99. The minimum atomic E-state index is -0.0837. The maximum Gasteiger partial charge on any atom is 0.230 e. The molecule has 3 nitrogen and oxygen atoms in total. The Morgan fingerprint density at radius 2 is 2.15 bits per heavy atom. The van der Waals surface area contributed by atoms with Gasteiger partial charge in [0.1, 0.15) is 0 Å². The van der Waals surface area contributed by atoms with E-state index >= 15 is 0 Å². The maximum atomic E-state index is 11.2. The summed E-state index contributed by atoms with van der Waals surface area (Å²) in [6.45, 7) is 4.17. The third kappa shape index (κ3) is 6.90. The molecule has 0 saturated heterocycles. The molecule has 2 N–H and O–H groups in total. The lowest BCUT2D eigenvalue weighted by atomic mass is 10.0. The van der Waals surface area contributed by atoms with E-state index in [0.717, 1.165) is 6.42 Å². The lowest BCUT2D eigenvalue weighted by Gasteiger charge is -2.17. The molecule has 0 bridgehead atoms. The van der Waals surface area contributed by atoms with Crippen LogP contribution in [0.5, 0.6) is 0 Å². The number of thioether (sulfide) groups is 1. The van der Waals surface area contributed by atoms with Crippen LogP contribution in [0.2, 0.25) is 0 Å². The molecule has 0 fully saturated rings. The molecule has 0 aliphatic rings. The fraction of sp³-hybridized carbons (Fsp3) is 0.889. The van der Waals surface area contributed by atoms with Crippen LogP contribution >= 0.6 is 11.8 Å². The van der Waals surface area contributed by atoms with E-state index in [0.29, 0.717) is 11.7 Å². The van der Waals surface area contributed by atoms with E-state index in [-0.39, 0.29) is 18.6 Å². The molecule has 0 aliphatic carbocycles. The molecule has 0 aliphatic heterocycles. The summed E-state index contributed by atoms with van der Waals surface area (Å²) in [5.41, 5.74) is 0. The minimum Gasteiger partial charge on any atom is -0.394 e. The van der Waals surface area contributed by atoms with E-state index < -0.39 is 0 Å². The molecule has 1 unspecified atom stereocenters. The highest BCUT2D eigenvalue weighted by Gasteiger charge is 2.11. The Bertz CT molecular complexity index is 151. The molecule has 78 valence electrons. The van der Waals surface area contributed by atoms with Gasteiger partial charge in [0.25, 0.3) is 0 Å². The molecule has 0 aromatic carbocycles. The number of nitrogens with one attached hydrogen (secondary N) is 1. The Hall–Kier alpha value is -0.220. The number of rotatable bonds is 6. The van der Waals surface area contributed by atoms with Gasteiger partial charge in [-0.05, 0) is 18.6 Å². The van der Waals surface area contributed by atoms with E-state index in [4.69, 9.17) is 5.11 Å². The second-order valence-corrected chi connectivity index (χ2v) is 4.38. The van der Waals surface area contributed by atoms with Crippen molar-refractivity contribution in [2.24, 2.45) is 5.92 Å². The van der Waals surface area contributed by atoms with E-state index in [1.165, 1.54) is 11.8 Å². The standard InChI is InChI=1S/C9H19NO2S/c1-7(2)4-8(5-11)10-9(12)6-13-3/h7-8,11H,4-6H2,1-3H3,(H,10,12). The largest absolute Gasteiger partial charge is 0.394 e. The van der Waals surface area contributed by atoms with Crippen molar-refractivity contribution in [2.45, 2.75) is 26.3 Å². The van der Waals surface area contributed by atoms with Crippen molar-refractivity contribution in [2.75, 3.05) is 18.6 Å². The van der Waals surface area contributed by atoms with Crippen LogP contribution in [-0.4, -0.2) is 35.7 Å². The van der Waals surface area contributed by atoms with Gasteiger partial charge in [-0.1, -0.05) is 13.8 Å². The predicted octanol–water partition coefficient (Wildman–Crippen LogP) is 0.873. The molecule has 1 atom stereocenters. The third-order valence-electron chi connectivity index (χ3n) is 1.62. The molecular formula is C9H19NO2S. The lowest BCUT2D eigenvalue weighted by molar-refractivity contribution is -0.119. The van der Waals surface area contributed by atoms with Gasteiger partial charge in [0.05, 0.1) is 18.4 Å². The van der Waals surface area contributed by atoms with Crippen molar-refractivity contribution in [3.63, 3.8) is 0 Å². The van der Waals surface area contributed by atoms with Gasteiger partial charge in [-0.3, -0.25) is 4.79 Å². The molecule has 0 aromatic rings. The molecule has 13 heavy (non-hydrogen) atoms. The Balaban J connectivity index is 3.76. The Morgan fingerprint density at radius 3 is 2.54 bits per heavy atom. The highest BCUT2D eigenvalue weighted by atomic mass is 32.2. The minimum absolute atomic E-state index is 0.00667. The van der Waals surface area contributed by atoms with Gasteiger partial charge in [-0.25, -0.2) is 0 Å². The SMILES string of the molecule is CSCC(=O)NC(CO)CC(C)C. The number of aliphatic hydroxyl groups excluding tert-OH is 1. The van der Waals surface area contributed by atoms with Crippen LogP contribution in [-0.2, 0) is 4.79 Å². The zero-order valence-corrected chi connectivity index (χ0v) is 9.36. The fourth-order valence-electron chi connectivity index (χ4n) is 1.15. The highest BCUT2D eigenvalue weighted by Crippen LogP contribution is 2.04. The number of hydrogen-bond acceptors (Lipinski definition) is 3. The number of carbonyl (C=O) groups excluding carboxylic acids is 1. The number of hydrogen-bond donors (Lipinski definition) is 2. The average molecular weight is 205 g/mol. The summed E-state index contributed by atoms with van der Waals surface area (Å²) in [5.74, 6) is 0.966. The average Bonchev–Trinajstić information content (AvgIpc) is 2.02. The second-order valence-electron chi connectivity index (χ2n) is 3.51. The Morgan fingerprint density at radius 1 is 1.54 bits per heavy atom. The van der Waals surface area contributed by atoms with Gasteiger partial charge >= 0.3 is 0 Å². The zero-order chi connectivity index (χ0) is 10.3.